The smallest absolute Gasteiger partial charge is 0.0254 e. The molecule has 0 aromatic heterocycles. The van der Waals surface area contributed by atoms with Gasteiger partial charge in [0.25, 0.3) is 0 Å². The van der Waals surface area contributed by atoms with Crippen molar-refractivity contribution in [1.29, 1.82) is 0 Å². The summed E-state index contributed by atoms with van der Waals surface area (Å²) in [7, 11) is 0. The van der Waals surface area contributed by atoms with Gasteiger partial charge in [-0.05, 0) is 11.1 Å². The van der Waals surface area contributed by atoms with E-state index < -0.39 is 5.41 Å². The molecule has 235 valence electrons. The Morgan fingerprint density at radius 2 is 0.571 bits per heavy atom. The molecular weight excluding hydrogens is 581 g/mol. The van der Waals surface area contributed by atoms with E-state index in [1.54, 1.807) is 0 Å². The van der Waals surface area contributed by atoms with Crippen molar-refractivity contribution in [3.8, 4) is 0 Å². The van der Waals surface area contributed by atoms with E-state index in [1.807, 2.05) is 135 Å². The second-order valence-corrected chi connectivity index (χ2v) is 6.03. The minimum Gasteiger partial charge on any atom is -0.179 e. The predicted octanol–water partition coefficient (Wildman–Crippen LogP) is 13.9. The van der Waals surface area contributed by atoms with Crippen molar-refractivity contribution in [3.05, 3.63) is 144 Å². The maximum absolute atomic E-state index is 3.48. The van der Waals surface area contributed by atoms with Gasteiger partial charge in [-0.2, -0.15) is 60.7 Å². The van der Waals surface area contributed by atoms with E-state index in [0.717, 1.165) is 11.1 Å². The van der Waals surface area contributed by atoms with Gasteiger partial charge in [-0.3, -0.25) is 0 Å². The van der Waals surface area contributed by atoms with Crippen molar-refractivity contribution < 1.29 is 32.7 Å². The molecule has 0 spiro atoms. The molecule has 0 bridgehead atoms. The van der Waals surface area contributed by atoms with Crippen LogP contribution in [0.4, 0.5) is 0 Å². The number of hydrogen-bond acceptors (Lipinski definition) is 0. The summed E-state index contributed by atoms with van der Waals surface area (Å²) in [5.74, 6) is 0. The molecule has 0 fully saturated rings. The third-order valence-corrected chi connectivity index (χ3v) is 4.64. The van der Waals surface area contributed by atoms with Crippen molar-refractivity contribution in [2.45, 2.75) is 116 Å². The topological polar surface area (TPSA) is 0 Å². The average Bonchev–Trinajstić information content (AvgIpc) is 3.14. The maximum Gasteiger partial charge on any atom is 0.0254 e. The van der Waals surface area contributed by atoms with Crippen LogP contribution in [0.15, 0.2) is 109 Å². The van der Waals surface area contributed by atoms with E-state index in [9.17, 15) is 0 Å². The van der Waals surface area contributed by atoms with Gasteiger partial charge in [0.05, 0.1) is 0 Å². The molecule has 42 heavy (non-hydrogen) atoms. The fourth-order valence-electron chi connectivity index (χ4n) is 3.56. The quantitative estimate of drug-likeness (QED) is 0.153. The zero-order chi connectivity index (χ0) is 33.0. The largest absolute Gasteiger partial charge is 0.179 e. The Hall–Kier alpha value is -2.02. The van der Waals surface area contributed by atoms with Crippen LogP contribution in [-0.4, -0.2) is 0 Å². The number of rotatable bonds is 4. The molecule has 4 aromatic carbocycles. The minimum absolute atomic E-state index is 0. The second kappa shape index (κ2) is 43.4. The molecule has 0 saturated heterocycles. The van der Waals surface area contributed by atoms with Crippen LogP contribution in [0.3, 0.4) is 0 Å². The summed E-state index contributed by atoms with van der Waals surface area (Å²) in [6, 6.07) is 44.7. The summed E-state index contributed by atoms with van der Waals surface area (Å²) in [5.41, 5.74) is 4.23. The Balaban J connectivity index is -0.000000166. The van der Waals surface area contributed by atoms with Gasteiger partial charge >= 0.3 is 0 Å². The van der Waals surface area contributed by atoms with Gasteiger partial charge in [-0.25, -0.2) is 0 Å². The van der Waals surface area contributed by atoms with E-state index in [-0.39, 0.29) is 32.7 Å². The molecule has 1 radical (unpaired) electrons. The molecule has 0 aliphatic rings. The van der Waals surface area contributed by atoms with E-state index in [0.29, 0.717) is 0 Å². The number of benzene rings is 4. The summed E-state index contributed by atoms with van der Waals surface area (Å²) >= 11 is 0. The van der Waals surface area contributed by atoms with Crippen LogP contribution in [0, 0.1) is 12.1 Å². The van der Waals surface area contributed by atoms with Crippen LogP contribution in [0.1, 0.15) is 133 Å². The van der Waals surface area contributed by atoms with Crippen molar-refractivity contribution >= 4 is 0 Å². The third kappa shape index (κ3) is 17.8. The van der Waals surface area contributed by atoms with Crippen LogP contribution in [-0.2, 0) is 38.1 Å². The first kappa shape index (κ1) is 52.6. The summed E-state index contributed by atoms with van der Waals surface area (Å²) in [4.78, 5) is 0. The SMILES string of the molecule is CC.CC.CC.CC.CC.CC.CC.CC.[Y].[c-]1ccccc1C(c1[c-]cccc1)(c1ccccc1)c1ccccc1. The normalized spacial score (nSPS) is 7.81. The van der Waals surface area contributed by atoms with Gasteiger partial charge in [-0.15, -0.1) is 11.1 Å². The fourth-order valence-corrected chi connectivity index (χ4v) is 3.56. The molecule has 4 rings (SSSR count). The van der Waals surface area contributed by atoms with Crippen LogP contribution in [0.25, 0.3) is 0 Å². The van der Waals surface area contributed by atoms with E-state index in [4.69, 9.17) is 0 Å². The second-order valence-electron chi connectivity index (χ2n) is 6.03. The van der Waals surface area contributed by atoms with Crippen molar-refractivity contribution in [2.24, 2.45) is 0 Å². The summed E-state index contributed by atoms with van der Waals surface area (Å²) < 4.78 is 0. The van der Waals surface area contributed by atoms with Crippen molar-refractivity contribution in [2.75, 3.05) is 0 Å². The Morgan fingerprint density at radius 1 is 0.333 bits per heavy atom. The van der Waals surface area contributed by atoms with Gasteiger partial charge in [-0.1, -0.05) is 171 Å². The van der Waals surface area contributed by atoms with Gasteiger partial charge in [0, 0.05) is 38.1 Å². The zero-order valence-electron chi connectivity index (χ0n) is 30.5. The van der Waals surface area contributed by atoms with Crippen LogP contribution in [0.2, 0.25) is 0 Å². The fraction of sp³-hybridized carbons (Fsp3) is 0.415. The Kier molecular flexibility index (Phi) is 54.4. The van der Waals surface area contributed by atoms with Crippen LogP contribution < -0.4 is 0 Å². The monoisotopic (exact) mass is 647 g/mol. The molecule has 0 heterocycles. The van der Waals surface area contributed by atoms with Gasteiger partial charge < -0.3 is 0 Å². The van der Waals surface area contributed by atoms with E-state index >= 15 is 0 Å². The molecule has 0 atom stereocenters. The summed E-state index contributed by atoms with van der Waals surface area (Å²) in [6.07, 6.45) is 0. The maximum atomic E-state index is 3.48. The molecule has 0 aliphatic heterocycles. The summed E-state index contributed by atoms with van der Waals surface area (Å²) in [5, 5.41) is 0. The van der Waals surface area contributed by atoms with Gasteiger partial charge in [0.15, 0.2) is 0 Å². The predicted molar refractivity (Wildman–Crippen MR) is 193 cm³/mol. The van der Waals surface area contributed by atoms with Crippen LogP contribution >= 0.6 is 0 Å². The van der Waals surface area contributed by atoms with Crippen molar-refractivity contribution in [3.63, 3.8) is 0 Å². The molecule has 0 amide bonds. The molecule has 0 nitrogen and oxygen atoms in total. The first-order chi connectivity index (χ1) is 20.4. The molecule has 0 saturated carbocycles. The zero-order valence-corrected chi connectivity index (χ0v) is 33.3. The summed E-state index contributed by atoms with van der Waals surface area (Å²) in [6.45, 7) is 32.0. The van der Waals surface area contributed by atoms with Crippen molar-refractivity contribution in [1.82, 2.24) is 0 Å². The van der Waals surface area contributed by atoms with Gasteiger partial charge in [0.2, 0.25) is 0 Å². The third-order valence-electron chi connectivity index (χ3n) is 4.64. The first-order valence-corrected chi connectivity index (χ1v) is 16.5. The van der Waals surface area contributed by atoms with Crippen LogP contribution in [0.5, 0.6) is 0 Å². The first-order valence-electron chi connectivity index (χ1n) is 16.5. The molecule has 0 aliphatic carbocycles. The average molecular weight is 648 g/mol. The molecule has 0 unspecified atom stereocenters. The Morgan fingerprint density at radius 3 is 0.786 bits per heavy atom. The molecule has 0 N–H and O–H groups in total. The Bertz CT molecular complexity index is 754. The Labute approximate surface area is 290 Å². The molecular formula is C41H66Y-2. The number of hydrogen-bond donors (Lipinski definition) is 0. The van der Waals surface area contributed by atoms with E-state index in [1.165, 1.54) is 11.1 Å². The molecule has 1 heteroatoms. The molecule has 4 aromatic rings. The standard InChI is InChI=1S/C25H18.8C2H6.Y/c1-5-13-21(14-6-1)25(22-15-7-2-8-16-22,23-17-9-3-10-18-23)24-19-11-4-12-20-24;8*1-2;/h1-17,19H;8*1-2H3;/q-2;;;;;;;;;. The van der Waals surface area contributed by atoms with Gasteiger partial charge in [0.1, 0.15) is 0 Å². The minimum atomic E-state index is -0.439. The van der Waals surface area contributed by atoms with E-state index in [2.05, 4.69) is 97.1 Å².